The summed E-state index contributed by atoms with van der Waals surface area (Å²) in [5.41, 5.74) is 26.6. The number of hydrogen-bond acceptors (Lipinski definition) is 4. The third-order valence-electron chi connectivity index (χ3n) is 20.8. The summed E-state index contributed by atoms with van der Waals surface area (Å²) in [6, 6.07) is 78.1. The third-order valence-corrected chi connectivity index (χ3v) is 20.8. The van der Waals surface area contributed by atoms with Crippen molar-refractivity contribution in [3.63, 3.8) is 0 Å². The number of benzene rings is 9. The van der Waals surface area contributed by atoms with Crippen molar-refractivity contribution in [2.75, 3.05) is 19.6 Å². The molecule has 9 aromatic rings. The van der Waals surface area contributed by atoms with E-state index in [-0.39, 0.29) is 33.9 Å². The van der Waals surface area contributed by atoms with Gasteiger partial charge >= 0.3 is 0 Å². The van der Waals surface area contributed by atoms with Gasteiger partial charge in [-0.3, -0.25) is 0 Å². The van der Waals surface area contributed by atoms with E-state index in [9.17, 15) is 0 Å². The van der Waals surface area contributed by atoms with Crippen molar-refractivity contribution in [1.29, 1.82) is 0 Å². The molecule has 0 amide bonds. The van der Waals surface area contributed by atoms with Crippen LogP contribution < -0.4 is 36.0 Å². The molecule has 0 spiro atoms. The standard InChI is InChI=1S/C74H71BN4/c1-69(2,3)50-32-35-53(36-33-50)77-65-39-37-54(78-62-30-20-18-28-58(62)71(7)42-40-48-22-14-16-26-56(48)73(71,78)9)45-61(65)75-60-29-19-21-31-64(60)76(52-24-12-11-13-25-52)66-46-55(47-67(77)68(66)75)79-63-38-34-51(70(4,5)6)44-59(63)72(8)43-41-49-23-15-17-27-57(49)74(72,79)10/h11-39,44-47H,40-43H2,1-10H3. The van der Waals surface area contributed by atoms with Crippen LogP contribution in [0.25, 0.3) is 0 Å². The third kappa shape index (κ3) is 6.39. The molecular formula is C74H71BN4. The van der Waals surface area contributed by atoms with Gasteiger partial charge in [-0.25, -0.2) is 0 Å². The molecule has 0 fully saturated rings. The predicted octanol–water partition coefficient (Wildman–Crippen LogP) is 16.9. The van der Waals surface area contributed by atoms with Gasteiger partial charge in [-0.1, -0.05) is 183 Å². The van der Waals surface area contributed by atoms with Crippen LogP contribution in [0, 0.1) is 0 Å². The van der Waals surface area contributed by atoms with Gasteiger partial charge in [0.2, 0.25) is 0 Å². The second-order valence-corrected chi connectivity index (χ2v) is 26.7. The van der Waals surface area contributed by atoms with Gasteiger partial charge in [-0.2, -0.15) is 0 Å². The summed E-state index contributed by atoms with van der Waals surface area (Å²) in [4.78, 5) is 10.7. The van der Waals surface area contributed by atoms with Crippen molar-refractivity contribution < 1.29 is 0 Å². The Hall–Kier alpha value is -7.76. The highest BCUT2D eigenvalue weighted by molar-refractivity contribution is 7.00. The molecule has 6 aliphatic rings. The highest BCUT2D eigenvalue weighted by Gasteiger charge is 2.62. The molecular weight excluding hydrogens is 956 g/mol. The Kier molecular flexibility index (Phi) is 10.1. The Morgan fingerprint density at radius 1 is 0.354 bits per heavy atom. The summed E-state index contributed by atoms with van der Waals surface area (Å²) >= 11 is 0. The van der Waals surface area contributed by atoms with Crippen molar-refractivity contribution in [3.05, 3.63) is 245 Å². The molecule has 0 bridgehead atoms. The molecule has 2 aliphatic carbocycles. The van der Waals surface area contributed by atoms with Gasteiger partial charge in [0.15, 0.2) is 0 Å². The van der Waals surface area contributed by atoms with Crippen molar-refractivity contribution in [2.24, 2.45) is 0 Å². The maximum Gasteiger partial charge on any atom is 0.252 e. The number of para-hydroxylation sites is 3. The lowest BCUT2D eigenvalue weighted by Crippen LogP contribution is -2.61. The van der Waals surface area contributed by atoms with Gasteiger partial charge in [0.1, 0.15) is 0 Å². The lowest BCUT2D eigenvalue weighted by Gasteiger charge is -2.52. The van der Waals surface area contributed by atoms with Crippen molar-refractivity contribution in [3.8, 4) is 0 Å². The van der Waals surface area contributed by atoms with E-state index in [0.717, 1.165) is 37.1 Å². The summed E-state index contributed by atoms with van der Waals surface area (Å²) < 4.78 is 0. The first kappa shape index (κ1) is 48.4. The normalized spacial score (nSPS) is 22.9. The van der Waals surface area contributed by atoms with E-state index in [2.05, 4.69) is 289 Å². The SMILES string of the molecule is CC(C)(C)c1ccc(N2c3ccc(N4c5ccccc5C5(C)CCc6ccccc6C45C)cc3B3c4ccccc4N(c4ccccc4)c4cc(N5c6ccc(C(C)(C)C)cc6C6(C)CCc7ccccc7C56C)cc2c43)cc1. The maximum atomic E-state index is 2.78. The molecule has 0 N–H and O–H groups in total. The molecule has 4 heterocycles. The molecule has 5 heteroatoms. The Labute approximate surface area is 469 Å². The van der Waals surface area contributed by atoms with E-state index in [1.54, 1.807) is 0 Å². The molecule has 0 saturated carbocycles. The molecule has 0 radical (unpaired) electrons. The van der Waals surface area contributed by atoms with Crippen LogP contribution >= 0.6 is 0 Å². The van der Waals surface area contributed by atoms with E-state index in [1.165, 1.54) is 106 Å². The van der Waals surface area contributed by atoms with Gasteiger partial charge in [0.25, 0.3) is 6.71 Å². The fourth-order valence-electron chi connectivity index (χ4n) is 16.3. The summed E-state index contributed by atoms with van der Waals surface area (Å²) in [6.45, 7) is 24.2. The summed E-state index contributed by atoms with van der Waals surface area (Å²) in [7, 11) is 0. The van der Waals surface area contributed by atoms with Gasteiger partial charge in [-0.05, 0) is 184 Å². The lowest BCUT2D eigenvalue weighted by atomic mass is 9.33. The Bertz CT molecular complexity index is 4000. The fourth-order valence-corrected chi connectivity index (χ4v) is 16.3. The highest BCUT2D eigenvalue weighted by Crippen LogP contribution is 2.66. The Balaban J connectivity index is 1.04. The predicted molar refractivity (Wildman–Crippen MR) is 334 cm³/mol. The van der Waals surface area contributed by atoms with Crippen LogP contribution in [-0.4, -0.2) is 6.71 Å². The van der Waals surface area contributed by atoms with Gasteiger partial charge < -0.3 is 19.6 Å². The van der Waals surface area contributed by atoms with Crippen LogP contribution in [0.5, 0.6) is 0 Å². The molecule has 79 heavy (non-hydrogen) atoms. The molecule has 0 saturated heterocycles. The van der Waals surface area contributed by atoms with E-state index >= 15 is 0 Å². The minimum absolute atomic E-state index is 0.0000568. The smallest absolute Gasteiger partial charge is 0.252 e. The monoisotopic (exact) mass is 1030 g/mol. The van der Waals surface area contributed by atoms with E-state index in [0.29, 0.717) is 0 Å². The zero-order chi connectivity index (χ0) is 54.2. The van der Waals surface area contributed by atoms with Crippen molar-refractivity contribution >= 4 is 80.0 Å². The van der Waals surface area contributed by atoms with Crippen LogP contribution in [0.4, 0.5) is 56.9 Å². The summed E-state index contributed by atoms with van der Waals surface area (Å²) in [5.74, 6) is 0. The summed E-state index contributed by atoms with van der Waals surface area (Å²) in [6.07, 6.45) is 4.27. The first-order valence-electron chi connectivity index (χ1n) is 29.1. The molecule has 4 atom stereocenters. The lowest BCUT2D eigenvalue weighted by molar-refractivity contribution is 0.245. The fraction of sp³-hybridized carbons (Fsp3) is 0.270. The van der Waals surface area contributed by atoms with Crippen LogP contribution in [0.1, 0.15) is 127 Å². The largest absolute Gasteiger partial charge is 0.330 e. The van der Waals surface area contributed by atoms with Gasteiger partial charge in [0, 0.05) is 67.7 Å². The van der Waals surface area contributed by atoms with Gasteiger partial charge in [-0.15, -0.1) is 0 Å². The van der Waals surface area contributed by atoms with Crippen LogP contribution in [-0.2, 0) is 45.6 Å². The van der Waals surface area contributed by atoms with Crippen molar-refractivity contribution in [1.82, 2.24) is 0 Å². The average Bonchev–Trinajstić information content (AvgIpc) is 1.97. The van der Waals surface area contributed by atoms with E-state index in [1.807, 2.05) is 0 Å². The first-order valence-corrected chi connectivity index (χ1v) is 29.1. The molecule has 4 nitrogen and oxygen atoms in total. The molecule has 4 unspecified atom stereocenters. The second-order valence-electron chi connectivity index (χ2n) is 26.7. The zero-order valence-corrected chi connectivity index (χ0v) is 47.7. The number of anilines is 10. The molecule has 0 aromatic heterocycles. The molecule has 15 rings (SSSR count). The van der Waals surface area contributed by atoms with Crippen molar-refractivity contribution in [2.45, 2.75) is 128 Å². The van der Waals surface area contributed by atoms with Crippen LogP contribution in [0.15, 0.2) is 200 Å². The van der Waals surface area contributed by atoms with E-state index < -0.39 is 5.54 Å². The minimum Gasteiger partial charge on any atom is -0.330 e. The topological polar surface area (TPSA) is 13.0 Å². The molecule has 4 aliphatic heterocycles. The number of nitrogens with zero attached hydrogens (tertiary/aromatic N) is 4. The number of hydrogen-bond donors (Lipinski definition) is 0. The summed E-state index contributed by atoms with van der Waals surface area (Å²) in [5, 5.41) is 0. The average molecular weight is 1030 g/mol. The minimum atomic E-state index is -0.403. The highest BCUT2D eigenvalue weighted by atomic mass is 15.3. The van der Waals surface area contributed by atoms with E-state index in [4.69, 9.17) is 0 Å². The second kappa shape index (κ2) is 16.4. The Morgan fingerprint density at radius 3 is 1.43 bits per heavy atom. The molecule has 9 aromatic carbocycles. The number of aryl methyl sites for hydroxylation is 2. The first-order chi connectivity index (χ1) is 37.9. The molecule has 390 valence electrons. The van der Waals surface area contributed by atoms with Crippen LogP contribution in [0.2, 0.25) is 0 Å². The van der Waals surface area contributed by atoms with Gasteiger partial charge in [0.05, 0.1) is 11.1 Å². The zero-order valence-electron chi connectivity index (χ0n) is 47.7. The number of rotatable bonds is 4. The van der Waals surface area contributed by atoms with Crippen LogP contribution in [0.3, 0.4) is 0 Å². The number of fused-ring (bicyclic) bond motifs is 14. The Morgan fingerprint density at radius 2 is 0.810 bits per heavy atom. The quantitative estimate of drug-likeness (QED) is 0.163. The maximum absolute atomic E-state index is 2.78.